The summed E-state index contributed by atoms with van der Waals surface area (Å²) in [4.78, 5) is 1.17. The first-order valence-electron chi connectivity index (χ1n) is 23.9. The van der Waals surface area contributed by atoms with Crippen LogP contribution < -0.4 is 4.90 Å². The summed E-state index contributed by atoms with van der Waals surface area (Å²) in [7, 11) is 0. The number of hydrogen-bond acceptors (Lipinski definition) is 2. The Morgan fingerprint density at radius 2 is 1.00 bits per heavy atom. The van der Waals surface area contributed by atoms with Crippen molar-refractivity contribution in [3.63, 3.8) is 0 Å². The summed E-state index contributed by atoms with van der Waals surface area (Å²) in [5, 5.41) is 3.75. The van der Waals surface area contributed by atoms with Gasteiger partial charge in [-0.25, -0.2) is 0 Å². The van der Waals surface area contributed by atoms with Crippen molar-refractivity contribution in [1.29, 1.82) is 0 Å². The second kappa shape index (κ2) is 13.4. The maximum atomic E-state index is 9.53. The van der Waals surface area contributed by atoms with Crippen molar-refractivity contribution in [1.82, 2.24) is 0 Å². The van der Waals surface area contributed by atoms with Gasteiger partial charge in [0.2, 0.25) is 0 Å². The molecule has 0 bridgehead atoms. The zero-order valence-electron chi connectivity index (χ0n) is 41.6. The van der Waals surface area contributed by atoms with Crippen molar-refractivity contribution >= 4 is 49.8 Å². The lowest BCUT2D eigenvalue weighted by Crippen LogP contribution is -2.09. The molecule has 1 heterocycles. The standard InChI is InChI=1S/C52H35NO/c1-3-11-36(12-4-1)38-21-28-44(29-22-38)53(45-30-23-39(24-31-45)43-17-9-16-42(35-43)37-13-5-2-6-14-37)46-32-25-41(26-33-46)47-19-10-20-50-51(47)49-34-27-40-15-7-8-18-48(40)52(49)54-50/h1-35H/i1D,3D,4D,11D,12D,21D,22D,23D,24D,28D,29D,30D,31D. The molecule has 0 saturated heterocycles. The van der Waals surface area contributed by atoms with Gasteiger partial charge in [0.1, 0.15) is 11.2 Å². The van der Waals surface area contributed by atoms with Gasteiger partial charge in [-0.2, -0.15) is 0 Å². The second-order valence-electron chi connectivity index (χ2n) is 12.7. The van der Waals surface area contributed by atoms with Crippen LogP contribution in [-0.4, -0.2) is 0 Å². The summed E-state index contributed by atoms with van der Waals surface area (Å²) in [6.07, 6.45) is 0. The van der Waals surface area contributed by atoms with Gasteiger partial charge in [0.05, 0.1) is 17.8 Å². The molecule has 0 aliphatic heterocycles. The van der Waals surface area contributed by atoms with Gasteiger partial charge in [-0.15, -0.1) is 0 Å². The monoisotopic (exact) mass is 702 g/mol. The summed E-state index contributed by atoms with van der Waals surface area (Å²) in [6, 6.07) is 32.8. The van der Waals surface area contributed by atoms with E-state index in [9.17, 15) is 11.0 Å². The van der Waals surface area contributed by atoms with E-state index in [0.29, 0.717) is 11.1 Å². The molecule has 0 amide bonds. The Balaban J connectivity index is 1.20. The molecule has 2 heteroatoms. The van der Waals surface area contributed by atoms with Gasteiger partial charge in [0.25, 0.3) is 0 Å². The van der Waals surface area contributed by atoms with Crippen LogP contribution >= 0.6 is 0 Å². The summed E-state index contributed by atoms with van der Waals surface area (Å²) in [5.74, 6) is 0. The SMILES string of the molecule is [2H]c1c([2H])c([2H])c(-c2c([2H])c([2H])c(N(c3ccc(-c4cccc5oc6c7ccccc7ccc6c45)cc3)c3c([2H])c([2H])c(-c4cccc(-c5ccccc5)c4)c([2H])c3[2H])c([2H])c2[2H])c([2H])c1[2H]. The first-order valence-corrected chi connectivity index (χ1v) is 17.4. The van der Waals surface area contributed by atoms with E-state index < -0.39 is 95.4 Å². The third-order valence-electron chi connectivity index (χ3n) is 9.50. The van der Waals surface area contributed by atoms with Gasteiger partial charge in [0, 0.05) is 33.2 Å². The zero-order chi connectivity index (χ0) is 47.2. The molecule has 2 nitrogen and oxygen atoms in total. The molecular formula is C52H35NO. The van der Waals surface area contributed by atoms with Crippen molar-refractivity contribution in [3.05, 3.63) is 212 Å². The fourth-order valence-electron chi connectivity index (χ4n) is 6.92. The van der Waals surface area contributed by atoms with Crippen LogP contribution in [0.4, 0.5) is 17.1 Å². The van der Waals surface area contributed by atoms with Gasteiger partial charge < -0.3 is 9.32 Å². The van der Waals surface area contributed by atoms with Crippen LogP contribution in [0.2, 0.25) is 0 Å². The molecule has 0 radical (unpaired) electrons. The van der Waals surface area contributed by atoms with E-state index in [4.69, 9.17) is 11.3 Å². The first kappa shape index (κ1) is 20.8. The van der Waals surface area contributed by atoms with Crippen LogP contribution in [-0.2, 0) is 0 Å². The van der Waals surface area contributed by atoms with Gasteiger partial charge in [-0.05, 0) is 104 Å². The average molecular weight is 703 g/mol. The summed E-state index contributed by atoms with van der Waals surface area (Å²) in [6.45, 7) is 0. The van der Waals surface area contributed by atoms with E-state index in [1.54, 1.807) is 42.5 Å². The number of rotatable bonds is 7. The maximum Gasteiger partial charge on any atom is 0.143 e. The zero-order valence-corrected chi connectivity index (χ0v) is 28.6. The largest absolute Gasteiger partial charge is 0.455 e. The summed E-state index contributed by atoms with van der Waals surface area (Å²) < 4.78 is 123. The van der Waals surface area contributed by atoms with E-state index in [1.165, 1.54) is 4.90 Å². The summed E-state index contributed by atoms with van der Waals surface area (Å²) in [5.41, 5.74) is 3.34. The van der Waals surface area contributed by atoms with Gasteiger partial charge in [-0.1, -0.05) is 158 Å². The fraction of sp³-hybridized carbons (Fsp3) is 0. The van der Waals surface area contributed by atoms with Gasteiger partial charge in [0.15, 0.2) is 0 Å². The lowest BCUT2D eigenvalue weighted by Gasteiger charge is -2.26. The Hall–Kier alpha value is -7.16. The van der Waals surface area contributed by atoms with E-state index in [2.05, 4.69) is 0 Å². The molecule has 1 aromatic heterocycles. The highest BCUT2D eigenvalue weighted by atomic mass is 16.3. The number of fused-ring (bicyclic) bond motifs is 5. The molecule has 0 spiro atoms. The van der Waals surface area contributed by atoms with E-state index >= 15 is 0 Å². The summed E-state index contributed by atoms with van der Waals surface area (Å²) >= 11 is 0. The van der Waals surface area contributed by atoms with Crippen LogP contribution in [0.1, 0.15) is 17.8 Å². The molecule has 0 atom stereocenters. The van der Waals surface area contributed by atoms with Crippen LogP contribution in [0, 0.1) is 0 Å². The predicted molar refractivity (Wildman–Crippen MR) is 228 cm³/mol. The minimum absolute atomic E-state index is 0.0103. The van der Waals surface area contributed by atoms with Crippen molar-refractivity contribution in [2.45, 2.75) is 0 Å². The van der Waals surface area contributed by atoms with Gasteiger partial charge >= 0.3 is 0 Å². The molecule has 10 aromatic rings. The molecular weight excluding hydrogens is 655 g/mol. The number of nitrogens with zero attached hydrogens (tertiary/aromatic N) is 1. The third kappa shape index (κ3) is 5.71. The minimum Gasteiger partial charge on any atom is -0.455 e. The molecule has 9 aromatic carbocycles. The van der Waals surface area contributed by atoms with Crippen LogP contribution in [0.25, 0.3) is 77.2 Å². The highest BCUT2D eigenvalue weighted by Crippen LogP contribution is 2.42. The average Bonchev–Trinajstić information content (AvgIpc) is 3.75. The lowest BCUT2D eigenvalue weighted by molar-refractivity contribution is 0.673. The Morgan fingerprint density at radius 3 is 1.74 bits per heavy atom. The molecule has 0 saturated carbocycles. The lowest BCUT2D eigenvalue weighted by atomic mass is 9.97. The van der Waals surface area contributed by atoms with Crippen molar-refractivity contribution in [2.24, 2.45) is 0 Å². The highest BCUT2D eigenvalue weighted by molar-refractivity contribution is 6.19. The van der Waals surface area contributed by atoms with E-state index in [0.717, 1.165) is 49.4 Å². The minimum atomic E-state index is -0.744. The fourth-order valence-corrected chi connectivity index (χ4v) is 6.92. The number of benzene rings is 9. The molecule has 0 aliphatic rings. The Labute approximate surface area is 333 Å². The highest BCUT2D eigenvalue weighted by Gasteiger charge is 2.17. The van der Waals surface area contributed by atoms with Crippen LogP contribution in [0.5, 0.6) is 0 Å². The van der Waals surface area contributed by atoms with Crippen molar-refractivity contribution in [3.8, 4) is 44.5 Å². The molecule has 0 fully saturated rings. The van der Waals surface area contributed by atoms with Crippen molar-refractivity contribution < 1.29 is 22.2 Å². The van der Waals surface area contributed by atoms with Crippen LogP contribution in [0.15, 0.2) is 216 Å². The maximum absolute atomic E-state index is 9.53. The normalized spacial score (nSPS) is 14.7. The van der Waals surface area contributed by atoms with Gasteiger partial charge in [-0.3, -0.25) is 0 Å². The molecule has 54 heavy (non-hydrogen) atoms. The Bertz CT molecular complexity index is 3600. The molecule has 0 unspecified atom stereocenters. The number of anilines is 3. The topological polar surface area (TPSA) is 16.4 Å². The third-order valence-corrected chi connectivity index (χ3v) is 9.50. The smallest absolute Gasteiger partial charge is 0.143 e. The predicted octanol–water partition coefficient (Wildman–Crippen LogP) is 14.9. The molecule has 0 N–H and O–H groups in total. The number of furan rings is 1. The van der Waals surface area contributed by atoms with Crippen molar-refractivity contribution in [2.75, 3.05) is 4.90 Å². The molecule has 0 aliphatic carbocycles. The number of hydrogen-bond donors (Lipinski definition) is 0. The second-order valence-corrected chi connectivity index (χ2v) is 12.7. The van der Waals surface area contributed by atoms with E-state index in [-0.39, 0.29) is 16.9 Å². The first-order chi connectivity index (χ1) is 32.2. The Morgan fingerprint density at radius 1 is 0.389 bits per heavy atom. The molecule has 254 valence electrons. The van der Waals surface area contributed by atoms with Crippen LogP contribution in [0.3, 0.4) is 0 Å². The quantitative estimate of drug-likeness (QED) is 0.164. The Kier molecular flexibility index (Phi) is 5.17. The molecule has 10 rings (SSSR count). The van der Waals surface area contributed by atoms with E-state index in [1.807, 2.05) is 91.0 Å².